The zero-order valence-corrected chi connectivity index (χ0v) is 15.2. The molecule has 1 aliphatic rings. The summed E-state index contributed by atoms with van der Waals surface area (Å²) in [4.78, 5) is 12.6. The van der Waals surface area contributed by atoms with Gasteiger partial charge in [-0.3, -0.25) is 4.79 Å². The molecule has 2 aromatic carbocycles. The largest absolute Gasteiger partial charge is 0.489 e. The molecule has 0 saturated carbocycles. The van der Waals surface area contributed by atoms with Crippen LogP contribution < -0.4 is 9.47 Å². The smallest absolute Gasteiger partial charge is 0.232 e. The van der Waals surface area contributed by atoms with E-state index < -0.39 is 11.6 Å². The highest BCUT2D eigenvalue weighted by molar-refractivity contribution is 6.15. The Morgan fingerprint density at radius 1 is 1.07 bits per heavy atom. The maximum absolute atomic E-state index is 13.8. The predicted molar refractivity (Wildman–Crippen MR) is 98.2 cm³/mol. The molecule has 0 spiro atoms. The Morgan fingerprint density at radius 3 is 2.50 bits per heavy atom. The van der Waals surface area contributed by atoms with Gasteiger partial charge in [0.05, 0.1) is 11.1 Å². The van der Waals surface area contributed by atoms with E-state index >= 15 is 0 Å². The summed E-state index contributed by atoms with van der Waals surface area (Å²) < 4.78 is 44.2. The first-order valence-electron chi connectivity index (χ1n) is 8.63. The molecule has 4 rings (SSSR count). The van der Waals surface area contributed by atoms with Gasteiger partial charge in [-0.05, 0) is 49.7 Å². The van der Waals surface area contributed by atoms with E-state index in [1.54, 1.807) is 32.0 Å². The minimum absolute atomic E-state index is 0.143. The number of carbonyl (C=O) groups excluding carboxylic acids is 1. The minimum Gasteiger partial charge on any atom is -0.489 e. The number of aryl methyl sites for hydroxylation is 2. The van der Waals surface area contributed by atoms with Gasteiger partial charge in [0.15, 0.2) is 5.76 Å². The second-order valence-electron chi connectivity index (χ2n) is 6.49. The van der Waals surface area contributed by atoms with Gasteiger partial charge in [-0.25, -0.2) is 8.78 Å². The quantitative estimate of drug-likeness (QED) is 0.569. The Hall–Kier alpha value is -3.41. The second kappa shape index (κ2) is 6.96. The molecule has 0 bridgehead atoms. The molecule has 0 fully saturated rings. The number of fused-ring (bicyclic) bond motifs is 1. The van der Waals surface area contributed by atoms with Gasteiger partial charge in [-0.2, -0.15) is 0 Å². The molecule has 0 unspecified atom stereocenters. The number of allylic oxidation sites excluding steroid dienone is 1. The van der Waals surface area contributed by atoms with Crippen LogP contribution in [0, 0.1) is 25.5 Å². The highest BCUT2D eigenvalue weighted by Gasteiger charge is 2.30. The van der Waals surface area contributed by atoms with Crippen molar-refractivity contribution in [2.75, 3.05) is 0 Å². The zero-order chi connectivity index (χ0) is 19.8. The number of furan rings is 1. The van der Waals surface area contributed by atoms with Gasteiger partial charge >= 0.3 is 0 Å². The third-order valence-corrected chi connectivity index (χ3v) is 4.42. The molecular formula is C22H16F2O4. The SMILES string of the molecule is Cc1ccc(/C=C2\Oc3cc(OCc4c(F)cccc4F)cc(C)c3C2=O)o1. The molecule has 0 N–H and O–H groups in total. The van der Waals surface area contributed by atoms with E-state index in [4.69, 9.17) is 13.9 Å². The number of ketones is 1. The fourth-order valence-electron chi connectivity index (χ4n) is 3.05. The summed E-state index contributed by atoms with van der Waals surface area (Å²) in [6.45, 7) is 3.27. The number of hydrogen-bond acceptors (Lipinski definition) is 4. The highest BCUT2D eigenvalue weighted by atomic mass is 19.1. The lowest BCUT2D eigenvalue weighted by molar-refractivity contribution is 0.101. The van der Waals surface area contributed by atoms with Crippen LogP contribution >= 0.6 is 0 Å². The number of ether oxygens (including phenoxy) is 2. The molecule has 0 saturated heterocycles. The van der Waals surface area contributed by atoms with E-state index in [2.05, 4.69) is 0 Å². The van der Waals surface area contributed by atoms with E-state index in [-0.39, 0.29) is 23.7 Å². The number of rotatable bonds is 4. The van der Waals surface area contributed by atoms with Crippen LogP contribution in [0.2, 0.25) is 0 Å². The van der Waals surface area contributed by atoms with Crippen molar-refractivity contribution in [3.05, 3.63) is 88.1 Å². The summed E-state index contributed by atoms with van der Waals surface area (Å²) in [7, 11) is 0. The van der Waals surface area contributed by atoms with Gasteiger partial charge in [-0.15, -0.1) is 0 Å². The predicted octanol–water partition coefficient (Wildman–Crippen LogP) is 5.37. The Morgan fingerprint density at radius 2 is 1.82 bits per heavy atom. The van der Waals surface area contributed by atoms with E-state index in [9.17, 15) is 13.6 Å². The van der Waals surface area contributed by atoms with E-state index in [0.29, 0.717) is 28.4 Å². The molecule has 6 heteroatoms. The summed E-state index contributed by atoms with van der Waals surface area (Å²) in [6, 6.07) is 10.3. The summed E-state index contributed by atoms with van der Waals surface area (Å²) in [5.74, 6) is 0.453. The van der Waals surface area contributed by atoms with Crippen LogP contribution in [0.25, 0.3) is 6.08 Å². The standard InChI is InChI=1S/C22H16F2O4/c1-12-8-15(26-11-16-17(23)4-3-5-18(16)24)10-19-21(12)22(25)20(28-19)9-14-7-6-13(2)27-14/h3-10H,11H2,1-2H3/b20-9-. The Kier molecular flexibility index (Phi) is 4.47. The molecule has 2 heterocycles. The van der Waals surface area contributed by atoms with Gasteiger partial charge in [0.1, 0.15) is 41.3 Å². The zero-order valence-electron chi connectivity index (χ0n) is 15.2. The summed E-state index contributed by atoms with van der Waals surface area (Å²) in [5, 5.41) is 0. The first-order chi connectivity index (χ1) is 13.4. The molecule has 28 heavy (non-hydrogen) atoms. The van der Waals surface area contributed by atoms with Crippen molar-refractivity contribution in [3.8, 4) is 11.5 Å². The average molecular weight is 382 g/mol. The summed E-state index contributed by atoms with van der Waals surface area (Å²) in [6.07, 6.45) is 1.53. The lowest BCUT2D eigenvalue weighted by atomic mass is 10.0. The number of carbonyl (C=O) groups is 1. The lowest BCUT2D eigenvalue weighted by Gasteiger charge is -2.10. The third kappa shape index (κ3) is 3.29. The molecule has 0 aliphatic carbocycles. The van der Waals surface area contributed by atoms with Crippen LogP contribution in [-0.2, 0) is 6.61 Å². The second-order valence-corrected chi connectivity index (χ2v) is 6.49. The van der Waals surface area contributed by atoms with Gasteiger partial charge in [0.25, 0.3) is 0 Å². The number of hydrogen-bond donors (Lipinski definition) is 0. The van der Waals surface area contributed by atoms with Crippen molar-refractivity contribution < 1.29 is 27.5 Å². The van der Waals surface area contributed by atoms with E-state index in [0.717, 1.165) is 5.76 Å². The Bertz CT molecular complexity index is 1090. The van der Waals surface area contributed by atoms with Crippen LogP contribution in [0.4, 0.5) is 8.78 Å². The Labute approximate surface area is 160 Å². The number of halogens is 2. The Balaban J connectivity index is 1.59. The van der Waals surface area contributed by atoms with Crippen molar-refractivity contribution in [2.24, 2.45) is 0 Å². The summed E-state index contributed by atoms with van der Waals surface area (Å²) in [5.41, 5.74) is 0.913. The van der Waals surface area contributed by atoms with Crippen molar-refractivity contribution in [2.45, 2.75) is 20.5 Å². The lowest BCUT2D eigenvalue weighted by Crippen LogP contribution is -2.02. The molecule has 0 radical (unpaired) electrons. The number of benzene rings is 2. The van der Waals surface area contributed by atoms with Gasteiger partial charge < -0.3 is 13.9 Å². The van der Waals surface area contributed by atoms with E-state index in [1.807, 2.05) is 0 Å². The molecule has 0 amide bonds. The molecule has 4 nitrogen and oxygen atoms in total. The maximum atomic E-state index is 13.8. The van der Waals surface area contributed by atoms with Crippen molar-refractivity contribution in [1.82, 2.24) is 0 Å². The normalized spacial score (nSPS) is 14.3. The molecule has 3 aromatic rings. The van der Waals surface area contributed by atoms with Crippen molar-refractivity contribution >= 4 is 11.9 Å². The van der Waals surface area contributed by atoms with Crippen molar-refractivity contribution in [3.63, 3.8) is 0 Å². The average Bonchev–Trinajstić information content (AvgIpc) is 3.18. The topological polar surface area (TPSA) is 48.7 Å². The molecule has 142 valence electrons. The molecular weight excluding hydrogens is 366 g/mol. The molecule has 1 aliphatic heterocycles. The van der Waals surface area contributed by atoms with Gasteiger partial charge in [0, 0.05) is 12.1 Å². The van der Waals surface area contributed by atoms with E-state index in [1.165, 1.54) is 30.3 Å². The molecule has 1 aromatic heterocycles. The van der Waals surface area contributed by atoms with Crippen molar-refractivity contribution in [1.29, 1.82) is 0 Å². The molecule has 0 atom stereocenters. The highest BCUT2D eigenvalue weighted by Crippen LogP contribution is 2.38. The monoisotopic (exact) mass is 382 g/mol. The summed E-state index contributed by atoms with van der Waals surface area (Å²) >= 11 is 0. The first kappa shape index (κ1) is 18.0. The van der Waals surface area contributed by atoms with Crippen LogP contribution in [0.1, 0.15) is 33.0 Å². The first-order valence-corrected chi connectivity index (χ1v) is 8.63. The number of Topliss-reactive ketones (excluding diaryl/α,β-unsaturated/α-hetero) is 1. The maximum Gasteiger partial charge on any atom is 0.232 e. The van der Waals surface area contributed by atoms with Crippen LogP contribution in [0.3, 0.4) is 0 Å². The van der Waals surface area contributed by atoms with Crippen LogP contribution in [0.5, 0.6) is 11.5 Å². The van der Waals surface area contributed by atoms with Crippen LogP contribution in [0.15, 0.2) is 52.6 Å². The van der Waals surface area contributed by atoms with Crippen LogP contribution in [-0.4, -0.2) is 5.78 Å². The van der Waals surface area contributed by atoms with Gasteiger partial charge in [-0.1, -0.05) is 6.07 Å². The van der Waals surface area contributed by atoms with Gasteiger partial charge in [0.2, 0.25) is 5.78 Å². The third-order valence-electron chi connectivity index (χ3n) is 4.42. The fraction of sp³-hybridized carbons (Fsp3) is 0.136. The minimum atomic E-state index is -0.678. The fourth-order valence-corrected chi connectivity index (χ4v) is 3.05.